The van der Waals surface area contributed by atoms with Crippen molar-refractivity contribution in [3.8, 4) is 0 Å². The molecule has 5 rings (SSSR count). The van der Waals surface area contributed by atoms with Crippen LogP contribution in [0.15, 0.2) is 125 Å². The topological polar surface area (TPSA) is 43.2 Å². The van der Waals surface area contributed by atoms with Crippen molar-refractivity contribution in [2.45, 2.75) is 19.8 Å². The third-order valence-corrected chi connectivity index (χ3v) is 5.97. The summed E-state index contributed by atoms with van der Waals surface area (Å²) in [7, 11) is 0. The molecule has 0 saturated carbocycles. The van der Waals surface area contributed by atoms with E-state index in [1.165, 1.54) is 0 Å². The van der Waals surface area contributed by atoms with E-state index in [2.05, 4.69) is 19.1 Å². The average molecular weight is 473 g/mol. The molecular formula is C32H28N2O2. The van der Waals surface area contributed by atoms with Crippen molar-refractivity contribution in [1.82, 2.24) is 0 Å². The standard InChI is InChI=1S/C32H28N2O2/c1-3-35-31(24-14-6-4-7-15-24)33-28-20-12-10-18-26(28)23(2)22-30-27-19-11-13-21-29(27)34-32(36-30)25-16-8-5-9-17-25/h4-23H,3H2,1-2H3/b30-22-,33-31?. The van der Waals surface area contributed by atoms with Gasteiger partial charge in [-0.3, -0.25) is 0 Å². The first-order valence-electron chi connectivity index (χ1n) is 12.2. The second-order valence-corrected chi connectivity index (χ2v) is 8.50. The smallest absolute Gasteiger partial charge is 0.227 e. The fourth-order valence-corrected chi connectivity index (χ4v) is 4.20. The van der Waals surface area contributed by atoms with Crippen molar-refractivity contribution in [2.75, 3.05) is 6.61 Å². The van der Waals surface area contributed by atoms with E-state index >= 15 is 0 Å². The van der Waals surface area contributed by atoms with Gasteiger partial charge in [-0.05, 0) is 61.0 Å². The van der Waals surface area contributed by atoms with Gasteiger partial charge in [-0.2, -0.15) is 0 Å². The summed E-state index contributed by atoms with van der Waals surface area (Å²) in [5.74, 6) is 2.03. The number of rotatable bonds is 6. The zero-order chi connectivity index (χ0) is 24.7. The number of nitrogens with zero attached hydrogens (tertiary/aromatic N) is 2. The summed E-state index contributed by atoms with van der Waals surface area (Å²) in [6.45, 7) is 4.67. The summed E-state index contributed by atoms with van der Waals surface area (Å²) in [4.78, 5) is 9.71. The number of benzene rings is 4. The van der Waals surface area contributed by atoms with Crippen molar-refractivity contribution < 1.29 is 9.47 Å². The fourth-order valence-electron chi connectivity index (χ4n) is 4.20. The maximum Gasteiger partial charge on any atom is 0.227 e. The van der Waals surface area contributed by atoms with Gasteiger partial charge >= 0.3 is 0 Å². The number of aliphatic imine (C=N–C) groups is 2. The van der Waals surface area contributed by atoms with Crippen LogP contribution in [0.25, 0.3) is 5.76 Å². The Bertz CT molecular complexity index is 1420. The Balaban J connectivity index is 1.53. The van der Waals surface area contributed by atoms with Crippen LogP contribution in [0.2, 0.25) is 0 Å². The molecule has 0 saturated heterocycles. The van der Waals surface area contributed by atoms with Crippen molar-refractivity contribution in [1.29, 1.82) is 0 Å². The highest BCUT2D eigenvalue weighted by Gasteiger charge is 2.21. The summed E-state index contributed by atoms with van der Waals surface area (Å²) in [5, 5.41) is 0. The number of para-hydroxylation sites is 2. The van der Waals surface area contributed by atoms with E-state index in [9.17, 15) is 0 Å². The van der Waals surface area contributed by atoms with Gasteiger partial charge in [0, 0.05) is 22.6 Å². The molecule has 4 heteroatoms. The molecule has 0 bridgehead atoms. The minimum atomic E-state index is 0.0294. The lowest BCUT2D eigenvalue weighted by Gasteiger charge is -2.21. The molecule has 1 unspecified atom stereocenters. The minimum Gasteiger partial charge on any atom is -0.478 e. The van der Waals surface area contributed by atoms with Crippen LogP contribution in [0, 0.1) is 0 Å². The van der Waals surface area contributed by atoms with Crippen LogP contribution in [-0.4, -0.2) is 18.4 Å². The molecule has 36 heavy (non-hydrogen) atoms. The zero-order valence-electron chi connectivity index (χ0n) is 20.5. The van der Waals surface area contributed by atoms with Gasteiger partial charge in [0.2, 0.25) is 11.8 Å². The quantitative estimate of drug-likeness (QED) is 0.210. The van der Waals surface area contributed by atoms with Gasteiger partial charge in [-0.25, -0.2) is 9.98 Å². The predicted octanol–water partition coefficient (Wildman–Crippen LogP) is 8.05. The van der Waals surface area contributed by atoms with E-state index < -0.39 is 0 Å². The van der Waals surface area contributed by atoms with Crippen molar-refractivity contribution in [2.24, 2.45) is 9.98 Å². The van der Waals surface area contributed by atoms with Crippen molar-refractivity contribution in [3.63, 3.8) is 0 Å². The van der Waals surface area contributed by atoms with Crippen molar-refractivity contribution in [3.05, 3.63) is 138 Å². The first-order chi connectivity index (χ1) is 17.7. The molecule has 0 aliphatic carbocycles. The Morgan fingerprint density at radius 2 is 1.53 bits per heavy atom. The highest BCUT2D eigenvalue weighted by Crippen LogP contribution is 2.37. The van der Waals surface area contributed by atoms with Gasteiger partial charge in [0.1, 0.15) is 5.76 Å². The number of fused-ring (bicyclic) bond motifs is 1. The van der Waals surface area contributed by atoms with Gasteiger partial charge < -0.3 is 9.47 Å². The molecule has 4 aromatic carbocycles. The third kappa shape index (κ3) is 5.13. The lowest BCUT2D eigenvalue weighted by Crippen LogP contribution is -2.11. The SMILES string of the molecule is CCOC(=Nc1ccccc1C(C)/C=C1\OC(c2ccccc2)=Nc2ccccc21)c1ccccc1. The maximum atomic E-state index is 6.37. The second-order valence-electron chi connectivity index (χ2n) is 8.50. The van der Waals surface area contributed by atoms with E-state index in [1.807, 2.05) is 110 Å². The normalized spacial score (nSPS) is 15.0. The summed E-state index contributed by atoms with van der Waals surface area (Å²) >= 11 is 0. The minimum absolute atomic E-state index is 0.0294. The monoisotopic (exact) mass is 472 g/mol. The number of hydrogen-bond acceptors (Lipinski definition) is 4. The Kier molecular flexibility index (Phi) is 7.04. The lowest BCUT2D eigenvalue weighted by atomic mass is 9.96. The van der Waals surface area contributed by atoms with Crippen LogP contribution in [0.5, 0.6) is 0 Å². The first kappa shape index (κ1) is 23.3. The van der Waals surface area contributed by atoms with E-state index in [-0.39, 0.29) is 5.92 Å². The summed E-state index contributed by atoms with van der Waals surface area (Å²) in [5.41, 5.74) is 5.73. The maximum absolute atomic E-state index is 6.37. The van der Waals surface area contributed by atoms with Crippen molar-refractivity contribution >= 4 is 28.9 Å². The second kappa shape index (κ2) is 10.9. The van der Waals surface area contributed by atoms with Gasteiger partial charge in [0.25, 0.3) is 0 Å². The molecule has 0 radical (unpaired) electrons. The van der Waals surface area contributed by atoms with E-state index in [0.717, 1.165) is 39.4 Å². The summed E-state index contributed by atoms with van der Waals surface area (Å²) in [6.07, 6.45) is 2.15. The summed E-state index contributed by atoms with van der Waals surface area (Å²) in [6, 6.07) is 36.2. The number of allylic oxidation sites excluding steroid dienone is 1. The fraction of sp³-hybridized carbons (Fsp3) is 0.125. The third-order valence-electron chi connectivity index (χ3n) is 5.97. The molecule has 0 fully saturated rings. The van der Waals surface area contributed by atoms with E-state index in [0.29, 0.717) is 18.4 Å². The highest BCUT2D eigenvalue weighted by molar-refractivity contribution is 6.02. The van der Waals surface area contributed by atoms with Gasteiger partial charge in [0.15, 0.2) is 0 Å². The Hall–Kier alpha value is -4.44. The number of hydrogen-bond donors (Lipinski definition) is 0. The van der Waals surface area contributed by atoms with Crippen LogP contribution in [0.3, 0.4) is 0 Å². The average Bonchev–Trinajstić information content (AvgIpc) is 2.94. The zero-order valence-corrected chi connectivity index (χ0v) is 20.5. The predicted molar refractivity (Wildman–Crippen MR) is 147 cm³/mol. The number of ether oxygens (including phenoxy) is 2. The molecule has 1 heterocycles. The van der Waals surface area contributed by atoms with E-state index in [1.54, 1.807) is 0 Å². The van der Waals surface area contributed by atoms with E-state index in [4.69, 9.17) is 19.5 Å². The Morgan fingerprint density at radius 3 is 2.31 bits per heavy atom. The summed E-state index contributed by atoms with van der Waals surface area (Å²) < 4.78 is 12.3. The molecule has 1 aliphatic rings. The Morgan fingerprint density at radius 1 is 0.861 bits per heavy atom. The first-order valence-corrected chi connectivity index (χ1v) is 12.2. The highest BCUT2D eigenvalue weighted by atomic mass is 16.5. The molecule has 178 valence electrons. The molecular weight excluding hydrogens is 444 g/mol. The largest absolute Gasteiger partial charge is 0.478 e. The molecule has 4 nitrogen and oxygen atoms in total. The Labute approximate surface area is 212 Å². The van der Waals surface area contributed by atoms with Crippen LogP contribution in [-0.2, 0) is 9.47 Å². The molecule has 4 aromatic rings. The van der Waals surface area contributed by atoms with Crippen LogP contribution < -0.4 is 0 Å². The molecule has 0 N–H and O–H groups in total. The van der Waals surface area contributed by atoms with Gasteiger partial charge in [-0.15, -0.1) is 0 Å². The lowest BCUT2D eigenvalue weighted by molar-refractivity contribution is 0.329. The molecule has 1 atom stereocenters. The molecule has 1 aliphatic heterocycles. The molecule has 0 aromatic heterocycles. The van der Waals surface area contributed by atoms with Crippen LogP contribution in [0.1, 0.15) is 42.0 Å². The van der Waals surface area contributed by atoms with Gasteiger partial charge in [0.05, 0.1) is 18.0 Å². The molecule has 0 amide bonds. The van der Waals surface area contributed by atoms with Gasteiger partial charge in [-0.1, -0.05) is 73.7 Å². The van der Waals surface area contributed by atoms with Crippen LogP contribution >= 0.6 is 0 Å². The molecule has 0 spiro atoms. The van der Waals surface area contributed by atoms with Crippen LogP contribution in [0.4, 0.5) is 11.4 Å².